The summed E-state index contributed by atoms with van der Waals surface area (Å²) >= 11 is 0. The van der Waals surface area contributed by atoms with Gasteiger partial charge in [-0.05, 0) is 47.1 Å². The standard InChI is InChI=1S/C18H27NO/c1-13(12-19-17(2,3)4)10-14-8-7-9-15-11-18(5,6)20-16(14)15/h7-10,19H,11-12H2,1-6H3. The predicted molar refractivity (Wildman–Crippen MR) is 86.3 cm³/mol. The zero-order chi connectivity index (χ0) is 15.0. The Morgan fingerprint density at radius 2 is 2.05 bits per heavy atom. The fourth-order valence-electron chi connectivity index (χ4n) is 2.47. The van der Waals surface area contributed by atoms with E-state index in [1.165, 1.54) is 16.7 Å². The van der Waals surface area contributed by atoms with Crippen molar-refractivity contribution in [1.29, 1.82) is 0 Å². The molecule has 110 valence electrons. The smallest absolute Gasteiger partial charge is 0.130 e. The minimum Gasteiger partial charge on any atom is -0.487 e. The summed E-state index contributed by atoms with van der Waals surface area (Å²) in [4.78, 5) is 0. The van der Waals surface area contributed by atoms with E-state index < -0.39 is 0 Å². The highest BCUT2D eigenvalue weighted by molar-refractivity contribution is 5.63. The molecule has 20 heavy (non-hydrogen) atoms. The lowest BCUT2D eigenvalue weighted by atomic mass is 10.00. The van der Waals surface area contributed by atoms with Gasteiger partial charge in [0.2, 0.25) is 0 Å². The van der Waals surface area contributed by atoms with Gasteiger partial charge < -0.3 is 10.1 Å². The molecule has 0 atom stereocenters. The minimum atomic E-state index is -0.0795. The molecule has 0 aromatic heterocycles. The third kappa shape index (κ3) is 3.86. The van der Waals surface area contributed by atoms with Gasteiger partial charge in [-0.1, -0.05) is 29.8 Å². The van der Waals surface area contributed by atoms with Gasteiger partial charge in [0.15, 0.2) is 0 Å². The van der Waals surface area contributed by atoms with E-state index in [9.17, 15) is 0 Å². The van der Waals surface area contributed by atoms with Gasteiger partial charge in [0.05, 0.1) is 0 Å². The van der Waals surface area contributed by atoms with Crippen molar-refractivity contribution in [2.24, 2.45) is 0 Å². The zero-order valence-electron chi connectivity index (χ0n) is 13.6. The molecule has 0 saturated carbocycles. The molecule has 0 aliphatic carbocycles. The van der Waals surface area contributed by atoms with Gasteiger partial charge >= 0.3 is 0 Å². The van der Waals surface area contributed by atoms with Crippen molar-refractivity contribution < 1.29 is 4.74 Å². The second-order valence-electron chi connectivity index (χ2n) is 7.47. The molecule has 0 unspecified atom stereocenters. The fraction of sp³-hybridized carbons (Fsp3) is 0.556. The molecule has 0 saturated heterocycles. The number of rotatable bonds is 3. The topological polar surface area (TPSA) is 21.3 Å². The second kappa shape index (κ2) is 5.25. The number of hydrogen-bond donors (Lipinski definition) is 1. The summed E-state index contributed by atoms with van der Waals surface area (Å²) < 4.78 is 6.11. The first-order valence-corrected chi connectivity index (χ1v) is 7.39. The van der Waals surface area contributed by atoms with E-state index >= 15 is 0 Å². The predicted octanol–water partition coefficient (Wildman–Crippen LogP) is 4.19. The SMILES string of the molecule is CC(=Cc1cccc2c1OC(C)(C)C2)CNC(C)(C)C. The van der Waals surface area contributed by atoms with E-state index in [1.54, 1.807) is 0 Å². The highest BCUT2D eigenvalue weighted by Gasteiger charge is 2.31. The lowest BCUT2D eigenvalue weighted by molar-refractivity contribution is 0.138. The van der Waals surface area contributed by atoms with Crippen LogP contribution in [0.25, 0.3) is 6.08 Å². The summed E-state index contributed by atoms with van der Waals surface area (Å²) in [6.07, 6.45) is 3.22. The van der Waals surface area contributed by atoms with E-state index in [-0.39, 0.29) is 11.1 Å². The Labute approximate surface area is 123 Å². The summed E-state index contributed by atoms with van der Waals surface area (Å²) in [5.74, 6) is 1.06. The number of nitrogens with one attached hydrogen (secondary N) is 1. The summed E-state index contributed by atoms with van der Waals surface area (Å²) in [6, 6.07) is 6.44. The number of hydrogen-bond acceptors (Lipinski definition) is 2. The Morgan fingerprint density at radius 1 is 1.35 bits per heavy atom. The lowest BCUT2D eigenvalue weighted by Crippen LogP contribution is -2.36. The Balaban J connectivity index is 2.17. The minimum absolute atomic E-state index is 0.0795. The Hall–Kier alpha value is -1.28. The second-order valence-corrected chi connectivity index (χ2v) is 7.47. The monoisotopic (exact) mass is 273 g/mol. The van der Waals surface area contributed by atoms with Crippen molar-refractivity contribution in [2.75, 3.05) is 6.54 Å². The Kier molecular flexibility index (Phi) is 3.97. The molecule has 1 aliphatic heterocycles. The molecule has 1 heterocycles. The summed E-state index contributed by atoms with van der Waals surface area (Å²) in [5.41, 5.74) is 3.90. The molecular formula is C18H27NO. The molecule has 1 aromatic rings. The average Bonchev–Trinajstić information content (AvgIpc) is 2.61. The third-order valence-corrected chi connectivity index (χ3v) is 3.42. The molecular weight excluding hydrogens is 246 g/mol. The number of benzene rings is 1. The molecule has 2 nitrogen and oxygen atoms in total. The van der Waals surface area contributed by atoms with Gasteiger partial charge in [-0.3, -0.25) is 0 Å². The van der Waals surface area contributed by atoms with Crippen LogP contribution in [0.5, 0.6) is 5.75 Å². The van der Waals surface area contributed by atoms with Crippen LogP contribution in [0.3, 0.4) is 0 Å². The molecule has 1 N–H and O–H groups in total. The van der Waals surface area contributed by atoms with Gasteiger partial charge in [0.1, 0.15) is 11.4 Å². The van der Waals surface area contributed by atoms with Crippen molar-refractivity contribution in [3.63, 3.8) is 0 Å². The summed E-state index contributed by atoms with van der Waals surface area (Å²) in [7, 11) is 0. The first kappa shape index (κ1) is 15.1. The van der Waals surface area contributed by atoms with Crippen molar-refractivity contribution in [3.8, 4) is 5.75 Å². The molecule has 1 aromatic carbocycles. The normalized spacial score (nSPS) is 17.8. The van der Waals surface area contributed by atoms with Crippen LogP contribution in [-0.4, -0.2) is 17.7 Å². The molecule has 1 aliphatic rings. The lowest BCUT2D eigenvalue weighted by Gasteiger charge is -2.21. The fourth-order valence-corrected chi connectivity index (χ4v) is 2.47. The first-order chi connectivity index (χ1) is 9.16. The third-order valence-electron chi connectivity index (χ3n) is 3.42. The maximum absolute atomic E-state index is 6.11. The average molecular weight is 273 g/mol. The van der Waals surface area contributed by atoms with Crippen molar-refractivity contribution in [2.45, 2.75) is 59.1 Å². The van der Waals surface area contributed by atoms with Gasteiger partial charge in [-0.15, -0.1) is 0 Å². The van der Waals surface area contributed by atoms with Crippen LogP contribution >= 0.6 is 0 Å². The first-order valence-electron chi connectivity index (χ1n) is 7.39. The maximum atomic E-state index is 6.11. The van der Waals surface area contributed by atoms with Crippen LogP contribution in [0.2, 0.25) is 0 Å². The number of fused-ring (bicyclic) bond motifs is 1. The zero-order valence-corrected chi connectivity index (χ0v) is 13.6. The van der Waals surface area contributed by atoms with Crippen molar-refractivity contribution >= 4 is 6.08 Å². The van der Waals surface area contributed by atoms with Crippen LogP contribution in [0.1, 0.15) is 52.7 Å². The molecule has 0 amide bonds. The van der Waals surface area contributed by atoms with Crippen LogP contribution in [0, 0.1) is 0 Å². The molecule has 0 radical (unpaired) electrons. The van der Waals surface area contributed by atoms with E-state index in [0.717, 1.165) is 18.7 Å². The van der Waals surface area contributed by atoms with Gasteiger partial charge in [0.25, 0.3) is 0 Å². The molecule has 0 fully saturated rings. The maximum Gasteiger partial charge on any atom is 0.130 e. The number of para-hydroxylation sites is 1. The Morgan fingerprint density at radius 3 is 2.70 bits per heavy atom. The highest BCUT2D eigenvalue weighted by atomic mass is 16.5. The van der Waals surface area contributed by atoms with Gasteiger partial charge in [-0.25, -0.2) is 0 Å². The van der Waals surface area contributed by atoms with E-state index in [2.05, 4.69) is 71.1 Å². The number of ether oxygens (including phenoxy) is 1. The van der Waals surface area contributed by atoms with Crippen molar-refractivity contribution in [1.82, 2.24) is 5.32 Å². The molecule has 0 bridgehead atoms. The van der Waals surface area contributed by atoms with Crippen molar-refractivity contribution in [3.05, 3.63) is 34.9 Å². The van der Waals surface area contributed by atoms with E-state index in [1.807, 2.05) is 0 Å². The largest absolute Gasteiger partial charge is 0.487 e. The molecule has 2 rings (SSSR count). The molecule has 2 heteroatoms. The van der Waals surface area contributed by atoms with E-state index in [4.69, 9.17) is 4.74 Å². The van der Waals surface area contributed by atoms with Crippen LogP contribution < -0.4 is 10.1 Å². The van der Waals surface area contributed by atoms with Gasteiger partial charge in [0, 0.05) is 24.1 Å². The quantitative estimate of drug-likeness (QED) is 0.891. The van der Waals surface area contributed by atoms with Gasteiger partial charge in [-0.2, -0.15) is 0 Å². The van der Waals surface area contributed by atoms with Crippen LogP contribution in [0.15, 0.2) is 23.8 Å². The van der Waals surface area contributed by atoms with Crippen LogP contribution in [0.4, 0.5) is 0 Å². The summed E-state index contributed by atoms with van der Waals surface area (Å²) in [5, 5.41) is 3.52. The summed E-state index contributed by atoms with van der Waals surface area (Å²) in [6.45, 7) is 13.9. The Bertz CT molecular complexity index is 521. The van der Waals surface area contributed by atoms with E-state index in [0.29, 0.717) is 0 Å². The highest BCUT2D eigenvalue weighted by Crippen LogP contribution is 2.38. The van der Waals surface area contributed by atoms with Crippen LogP contribution in [-0.2, 0) is 6.42 Å². The molecule has 0 spiro atoms.